The second-order valence-corrected chi connectivity index (χ2v) is 10.1. The summed E-state index contributed by atoms with van der Waals surface area (Å²) in [6.45, 7) is 5.81. The molecule has 32 heavy (non-hydrogen) atoms. The van der Waals surface area contributed by atoms with E-state index < -0.39 is 42.0 Å². The fraction of sp³-hybridized carbons (Fsp3) is 0.652. The number of carbonyl (C=O) groups is 2. The number of alkyl halides is 3. The number of carbonyl (C=O) groups excluding carboxylic acids is 2. The highest BCUT2D eigenvalue weighted by molar-refractivity contribution is 5.95. The van der Waals surface area contributed by atoms with Crippen molar-refractivity contribution in [1.29, 1.82) is 0 Å². The number of likely N-dealkylation sites (tertiary alicyclic amines) is 1. The number of piperidine rings is 1. The van der Waals surface area contributed by atoms with E-state index in [0.29, 0.717) is 13.0 Å². The smallest absolute Gasteiger partial charge is 0.397 e. The number of hydrogen-bond donors (Lipinski definition) is 0. The minimum atomic E-state index is -4.58. The average Bonchev–Trinajstić information content (AvgIpc) is 2.80. The van der Waals surface area contributed by atoms with E-state index in [2.05, 4.69) is 4.98 Å². The number of hydrogen-bond acceptors (Lipinski definition) is 5. The Morgan fingerprint density at radius 2 is 1.91 bits per heavy atom. The molecule has 1 amide bonds. The summed E-state index contributed by atoms with van der Waals surface area (Å²) >= 11 is 0. The lowest BCUT2D eigenvalue weighted by Crippen LogP contribution is -2.54. The van der Waals surface area contributed by atoms with Gasteiger partial charge in [0.25, 0.3) is 0 Å². The lowest BCUT2D eigenvalue weighted by Gasteiger charge is -2.43. The van der Waals surface area contributed by atoms with Crippen molar-refractivity contribution < 1.29 is 27.5 Å². The van der Waals surface area contributed by atoms with Gasteiger partial charge in [0.2, 0.25) is 5.91 Å². The Morgan fingerprint density at radius 3 is 2.53 bits per heavy atom. The summed E-state index contributed by atoms with van der Waals surface area (Å²) in [5, 5.41) is 0. The molecule has 5 atom stereocenters. The molecule has 3 bridgehead atoms. The highest BCUT2D eigenvalue weighted by atomic mass is 19.4. The van der Waals surface area contributed by atoms with E-state index in [1.165, 1.54) is 4.90 Å². The lowest BCUT2D eigenvalue weighted by molar-refractivity contribution is -0.173. The predicted molar refractivity (Wildman–Crippen MR) is 111 cm³/mol. The van der Waals surface area contributed by atoms with Crippen LogP contribution in [0.3, 0.4) is 0 Å². The number of halogens is 3. The van der Waals surface area contributed by atoms with Gasteiger partial charge in [0.05, 0.1) is 23.7 Å². The van der Waals surface area contributed by atoms with Crippen LogP contribution >= 0.6 is 0 Å². The molecule has 2 aliphatic carbocycles. The Bertz CT molecular complexity index is 911. The van der Waals surface area contributed by atoms with Crippen LogP contribution in [0.2, 0.25) is 0 Å². The lowest BCUT2D eigenvalue weighted by atomic mass is 9.76. The van der Waals surface area contributed by atoms with Crippen molar-refractivity contribution in [2.24, 2.45) is 28.2 Å². The maximum atomic E-state index is 13.0. The normalized spacial score (nSPS) is 30.6. The van der Waals surface area contributed by atoms with E-state index >= 15 is 0 Å². The molecule has 1 saturated heterocycles. The third-order valence-electron chi connectivity index (χ3n) is 6.57. The molecule has 1 aliphatic heterocycles. The van der Waals surface area contributed by atoms with Gasteiger partial charge in [-0.2, -0.15) is 13.2 Å². The van der Waals surface area contributed by atoms with Crippen LogP contribution in [0.1, 0.15) is 45.7 Å². The minimum absolute atomic E-state index is 0.0746. The first-order valence-electron chi connectivity index (χ1n) is 11.0. The average molecular weight is 451 g/mol. The predicted octanol–water partition coefficient (Wildman–Crippen LogP) is 3.80. The van der Waals surface area contributed by atoms with Gasteiger partial charge in [0.1, 0.15) is 12.5 Å². The van der Waals surface area contributed by atoms with Gasteiger partial charge in [0, 0.05) is 30.3 Å². The number of pyridine rings is 1. The Balaban J connectivity index is 1.66. The molecule has 1 aromatic rings. The van der Waals surface area contributed by atoms with E-state index in [-0.39, 0.29) is 24.3 Å². The van der Waals surface area contributed by atoms with Crippen molar-refractivity contribution in [2.45, 2.75) is 64.9 Å². The van der Waals surface area contributed by atoms with Gasteiger partial charge in [0.15, 0.2) is 0 Å². The summed E-state index contributed by atoms with van der Waals surface area (Å²) in [5.41, 5.74) is 0.859. The van der Waals surface area contributed by atoms with Crippen LogP contribution in [-0.4, -0.2) is 52.3 Å². The highest BCUT2D eigenvalue weighted by Gasteiger charge is 2.61. The number of ether oxygens (including phenoxy) is 1. The number of nitrogens with zero attached hydrogens (tertiary/aromatic N) is 3. The standard InChI is InChI=1S/C23H28F3N3O3/c1-22(2,3)21(31)32-20-16-9-13-8-15(18(16)28-11-14-6-4-5-7-27-14)19(20)29(12-13)17(30)10-23(24,25)26/h4-7,13,15-16,19-20H,8-12H2,1-3H3/t13?,15-,16+,19?,20-/m0/s1. The van der Waals surface area contributed by atoms with Crippen molar-refractivity contribution in [1.82, 2.24) is 9.88 Å². The van der Waals surface area contributed by atoms with E-state index in [0.717, 1.165) is 17.8 Å². The maximum Gasteiger partial charge on any atom is 0.397 e. The van der Waals surface area contributed by atoms with Gasteiger partial charge in [-0.05, 0) is 51.7 Å². The maximum absolute atomic E-state index is 13.0. The van der Waals surface area contributed by atoms with Crippen molar-refractivity contribution in [2.75, 3.05) is 6.54 Å². The molecule has 3 fully saturated rings. The molecular formula is C23H28F3N3O3. The van der Waals surface area contributed by atoms with Crippen LogP contribution in [0.5, 0.6) is 0 Å². The molecule has 6 nitrogen and oxygen atoms in total. The monoisotopic (exact) mass is 451 g/mol. The van der Waals surface area contributed by atoms with E-state index in [1.807, 2.05) is 18.2 Å². The molecule has 0 aromatic carbocycles. The van der Waals surface area contributed by atoms with Gasteiger partial charge in [-0.15, -0.1) is 0 Å². The molecule has 174 valence electrons. The largest absolute Gasteiger partial charge is 0.459 e. The molecule has 3 aliphatic rings. The summed E-state index contributed by atoms with van der Waals surface area (Å²) in [6.07, 6.45) is -3.71. The summed E-state index contributed by atoms with van der Waals surface area (Å²) in [4.78, 5) is 35.8. The van der Waals surface area contributed by atoms with Crippen LogP contribution in [0.15, 0.2) is 29.4 Å². The number of fused-ring (bicyclic) bond motifs is 2. The third kappa shape index (κ3) is 4.52. The molecule has 9 heteroatoms. The molecule has 0 spiro atoms. The molecule has 2 unspecified atom stereocenters. The number of amides is 1. The molecule has 0 N–H and O–H groups in total. The first-order chi connectivity index (χ1) is 14.9. The van der Waals surface area contributed by atoms with Crippen LogP contribution in [0, 0.1) is 23.2 Å². The fourth-order valence-electron chi connectivity index (χ4n) is 5.25. The van der Waals surface area contributed by atoms with Gasteiger partial charge in [-0.3, -0.25) is 19.6 Å². The van der Waals surface area contributed by atoms with Gasteiger partial charge in [-0.1, -0.05) is 6.07 Å². The second-order valence-electron chi connectivity index (χ2n) is 10.1. The Kier molecular flexibility index (Phi) is 5.79. The van der Waals surface area contributed by atoms with Crippen LogP contribution < -0.4 is 0 Å². The van der Waals surface area contributed by atoms with E-state index in [9.17, 15) is 22.8 Å². The fourth-order valence-corrected chi connectivity index (χ4v) is 5.25. The molecule has 0 radical (unpaired) electrons. The number of rotatable bonds is 4. The van der Waals surface area contributed by atoms with Crippen LogP contribution in [-0.2, 0) is 20.9 Å². The Labute approximate surface area is 185 Å². The molecule has 2 heterocycles. The minimum Gasteiger partial charge on any atom is -0.459 e. The molecule has 4 rings (SSSR count). The zero-order valence-electron chi connectivity index (χ0n) is 18.4. The highest BCUT2D eigenvalue weighted by Crippen LogP contribution is 2.51. The molecule has 1 aromatic heterocycles. The van der Waals surface area contributed by atoms with E-state index in [4.69, 9.17) is 9.73 Å². The van der Waals surface area contributed by atoms with Crippen molar-refractivity contribution in [3.63, 3.8) is 0 Å². The Morgan fingerprint density at radius 1 is 1.19 bits per heavy atom. The van der Waals surface area contributed by atoms with Gasteiger partial charge < -0.3 is 9.64 Å². The van der Waals surface area contributed by atoms with Crippen LogP contribution in [0.25, 0.3) is 0 Å². The quantitative estimate of drug-likeness (QED) is 0.653. The van der Waals surface area contributed by atoms with Gasteiger partial charge in [-0.25, -0.2) is 0 Å². The van der Waals surface area contributed by atoms with Crippen molar-refractivity contribution in [3.05, 3.63) is 30.1 Å². The SMILES string of the molecule is CC(C)(C)C(=O)O[C@@H]1C2[C@H]3CC(C[C@@H]1C3=NCc1ccccn1)CN2C(=O)CC(F)(F)F. The first kappa shape index (κ1) is 22.7. The zero-order valence-corrected chi connectivity index (χ0v) is 18.4. The van der Waals surface area contributed by atoms with Crippen molar-refractivity contribution in [3.8, 4) is 0 Å². The second kappa shape index (κ2) is 8.15. The summed E-state index contributed by atoms with van der Waals surface area (Å²) in [5.74, 6) is -1.70. The number of esters is 1. The summed E-state index contributed by atoms with van der Waals surface area (Å²) in [6, 6.07) is 4.93. The van der Waals surface area contributed by atoms with E-state index in [1.54, 1.807) is 27.0 Å². The topological polar surface area (TPSA) is 71.9 Å². The van der Waals surface area contributed by atoms with Gasteiger partial charge >= 0.3 is 12.1 Å². The summed E-state index contributed by atoms with van der Waals surface area (Å²) < 4.78 is 44.9. The van der Waals surface area contributed by atoms with Crippen molar-refractivity contribution >= 4 is 17.6 Å². The third-order valence-corrected chi connectivity index (χ3v) is 6.57. The zero-order chi connectivity index (χ0) is 23.3. The Hall–Kier alpha value is -2.45. The first-order valence-corrected chi connectivity index (χ1v) is 11.0. The summed E-state index contributed by atoms with van der Waals surface area (Å²) in [7, 11) is 0. The number of aliphatic imine (C=N–C) groups is 1. The molecule has 2 saturated carbocycles. The van der Waals surface area contributed by atoms with Crippen LogP contribution in [0.4, 0.5) is 13.2 Å². The molecular weight excluding hydrogens is 423 g/mol. The number of aromatic nitrogens is 1.